The summed E-state index contributed by atoms with van der Waals surface area (Å²) in [6.45, 7) is 0.643. The van der Waals surface area contributed by atoms with Gasteiger partial charge in [0.05, 0.1) is 13.2 Å². The molecule has 0 saturated carbocycles. The monoisotopic (exact) mass is 220 g/mol. The van der Waals surface area contributed by atoms with Gasteiger partial charge < -0.3 is 9.42 Å². The second kappa shape index (κ2) is 11.6. The van der Waals surface area contributed by atoms with Gasteiger partial charge in [-0.05, 0) is 6.42 Å². The molecule has 0 aliphatic carbocycles. The summed E-state index contributed by atoms with van der Waals surface area (Å²) < 4.78 is 12.4. The molecule has 0 spiro atoms. The Balaban J connectivity index is 2.73. The molecule has 2 unspecified atom stereocenters. The fourth-order valence-electron chi connectivity index (χ4n) is 0.331. The zero-order valence-corrected chi connectivity index (χ0v) is 8.06. The van der Waals surface area contributed by atoms with Crippen molar-refractivity contribution in [2.45, 2.75) is 6.42 Å². The first-order valence-corrected chi connectivity index (χ1v) is 4.60. The van der Waals surface area contributed by atoms with Crippen molar-refractivity contribution in [3.8, 4) is 0 Å². The molecule has 2 atom stereocenters. The first-order chi connectivity index (χ1) is 5.91. The molecule has 74 valence electrons. The molecule has 12 heavy (non-hydrogen) atoms. The summed E-state index contributed by atoms with van der Waals surface area (Å²) in [5, 5.41) is 11.8. The minimum absolute atomic E-state index is 0.264. The van der Waals surface area contributed by atoms with E-state index in [1.54, 1.807) is 0 Å². The molecule has 0 amide bonds. The Morgan fingerprint density at radius 3 is 2.75 bits per heavy atom. The van der Waals surface area contributed by atoms with Gasteiger partial charge in [0.2, 0.25) is 0 Å². The molecule has 9 heteroatoms. The summed E-state index contributed by atoms with van der Waals surface area (Å²) >= 11 is 0. The van der Waals surface area contributed by atoms with Crippen LogP contribution >= 0.6 is 18.1 Å². The van der Waals surface area contributed by atoms with Crippen LogP contribution in [0.1, 0.15) is 6.42 Å². The average Bonchev–Trinajstić information content (AvgIpc) is 2.10. The molecule has 0 aliphatic heterocycles. The summed E-state index contributed by atoms with van der Waals surface area (Å²) in [5.74, 6) is 0. The smallest absolute Gasteiger partial charge is 0.195 e. The van der Waals surface area contributed by atoms with Crippen molar-refractivity contribution in [1.82, 2.24) is 0 Å². The number of hydrogen-bond donors (Lipinski definition) is 2. The third kappa shape index (κ3) is 10.6. The van der Waals surface area contributed by atoms with Gasteiger partial charge in [-0.25, -0.2) is 10.1 Å². The Bertz CT molecular complexity index is 73.1. The maximum atomic E-state index is 8.07. The highest BCUT2D eigenvalue weighted by Gasteiger charge is 1.91. The summed E-state index contributed by atoms with van der Waals surface area (Å²) in [6.07, 6.45) is 0.564. The van der Waals surface area contributed by atoms with Crippen LogP contribution < -0.4 is 0 Å². The van der Waals surface area contributed by atoms with Crippen LogP contribution in [0.2, 0.25) is 0 Å². The zero-order valence-electron chi connectivity index (χ0n) is 6.06. The minimum Gasteiger partial charge on any atom is -0.350 e. The van der Waals surface area contributed by atoms with E-state index in [2.05, 4.69) is 19.3 Å². The first kappa shape index (κ1) is 12.6. The van der Waals surface area contributed by atoms with Gasteiger partial charge >= 0.3 is 0 Å². The van der Waals surface area contributed by atoms with Gasteiger partial charge in [0.1, 0.15) is 0 Å². The number of hydrogen-bond acceptors (Lipinski definition) is 7. The normalized spacial score (nSPS) is 12.5. The van der Waals surface area contributed by atoms with Crippen LogP contribution in [0.4, 0.5) is 0 Å². The molecular formula is C3H10O7P2. The fraction of sp³-hybridized carbons (Fsp3) is 1.00. The van der Waals surface area contributed by atoms with Crippen LogP contribution in [-0.4, -0.2) is 23.4 Å². The zero-order chi connectivity index (χ0) is 9.07. The van der Waals surface area contributed by atoms with E-state index < -0.39 is 9.03 Å². The van der Waals surface area contributed by atoms with Crippen molar-refractivity contribution in [3.63, 3.8) is 0 Å². The van der Waals surface area contributed by atoms with Crippen LogP contribution in [0.25, 0.3) is 0 Å². The van der Waals surface area contributed by atoms with E-state index in [9.17, 15) is 0 Å². The van der Waals surface area contributed by atoms with Gasteiger partial charge in [0.15, 0.2) is 18.1 Å². The van der Waals surface area contributed by atoms with Crippen molar-refractivity contribution in [2.24, 2.45) is 0 Å². The predicted octanol–water partition coefficient (Wildman–Crippen LogP) is 0.772. The topological polar surface area (TPSA) is 86.6 Å². The highest BCUT2D eigenvalue weighted by Crippen LogP contribution is 2.10. The SMILES string of the molecule is OOPOCCCOOOPO. The van der Waals surface area contributed by atoms with Gasteiger partial charge in [-0.2, -0.15) is 9.35 Å². The first-order valence-electron chi connectivity index (χ1n) is 2.93. The third-order valence-electron chi connectivity index (χ3n) is 0.690. The second-order valence-electron chi connectivity index (χ2n) is 1.44. The summed E-state index contributed by atoms with van der Waals surface area (Å²) in [4.78, 5) is 12.5. The van der Waals surface area contributed by atoms with Crippen molar-refractivity contribution >= 4 is 18.1 Å². The number of rotatable bonds is 9. The van der Waals surface area contributed by atoms with E-state index in [-0.39, 0.29) is 15.6 Å². The van der Waals surface area contributed by atoms with Crippen molar-refractivity contribution in [2.75, 3.05) is 13.2 Å². The Morgan fingerprint density at radius 2 is 2.08 bits per heavy atom. The molecule has 0 aromatic rings. The lowest BCUT2D eigenvalue weighted by Gasteiger charge is -2.00. The van der Waals surface area contributed by atoms with Crippen LogP contribution in [0.15, 0.2) is 0 Å². The highest BCUT2D eigenvalue weighted by atomic mass is 31.1. The molecule has 0 radical (unpaired) electrons. The Hall–Kier alpha value is 0.580. The largest absolute Gasteiger partial charge is 0.350 e. The van der Waals surface area contributed by atoms with Gasteiger partial charge in [-0.15, -0.1) is 0 Å². The maximum Gasteiger partial charge on any atom is 0.195 e. The van der Waals surface area contributed by atoms with Crippen molar-refractivity contribution < 1.29 is 33.9 Å². The molecule has 0 bridgehead atoms. The van der Waals surface area contributed by atoms with E-state index in [1.165, 1.54) is 0 Å². The van der Waals surface area contributed by atoms with Crippen LogP contribution in [0, 0.1) is 0 Å². The molecule has 0 aliphatic rings. The van der Waals surface area contributed by atoms with Crippen LogP contribution in [0.3, 0.4) is 0 Å². The lowest BCUT2D eigenvalue weighted by Crippen LogP contribution is -1.97. The van der Waals surface area contributed by atoms with Gasteiger partial charge in [0, 0.05) is 0 Å². The summed E-state index contributed by atoms with van der Waals surface area (Å²) in [7, 11) is -1.14. The molecule has 0 fully saturated rings. The standard InChI is InChI=1S/C3H10O7P2/c4-8-12-7-3-1-2-6-9-10-11-5/h4-5,11-12H,1-3H2. The molecule has 0 aromatic carbocycles. The highest BCUT2D eigenvalue weighted by molar-refractivity contribution is 7.26. The van der Waals surface area contributed by atoms with Gasteiger partial charge in [0.25, 0.3) is 0 Å². The Labute approximate surface area is 72.6 Å². The molecule has 7 nitrogen and oxygen atoms in total. The Morgan fingerprint density at radius 1 is 1.25 bits per heavy atom. The van der Waals surface area contributed by atoms with Crippen molar-refractivity contribution in [1.29, 1.82) is 0 Å². The lowest BCUT2D eigenvalue weighted by atomic mass is 10.5. The predicted molar refractivity (Wildman–Crippen MR) is 41.3 cm³/mol. The molecule has 2 N–H and O–H groups in total. The lowest BCUT2D eigenvalue weighted by molar-refractivity contribution is -0.465. The van der Waals surface area contributed by atoms with E-state index in [0.717, 1.165) is 0 Å². The fourth-order valence-corrected chi connectivity index (χ4v) is 0.690. The van der Waals surface area contributed by atoms with Crippen LogP contribution in [0.5, 0.6) is 0 Å². The quantitative estimate of drug-likeness (QED) is 0.257. The maximum absolute atomic E-state index is 8.07. The van der Waals surface area contributed by atoms with Gasteiger partial charge in [-0.1, -0.05) is 5.04 Å². The Kier molecular flexibility index (Phi) is 12.1. The van der Waals surface area contributed by atoms with Crippen LogP contribution in [-0.2, 0) is 23.8 Å². The van der Waals surface area contributed by atoms with E-state index in [1.807, 2.05) is 0 Å². The summed E-state index contributed by atoms with van der Waals surface area (Å²) in [6, 6.07) is 0. The minimum atomic E-state index is -0.760. The van der Waals surface area contributed by atoms with E-state index in [4.69, 9.17) is 14.7 Å². The van der Waals surface area contributed by atoms with Crippen molar-refractivity contribution in [3.05, 3.63) is 0 Å². The molecule has 0 saturated heterocycles. The van der Waals surface area contributed by atoms with Gasteiger partial charge in [-0.3, -0.25) is 0 Å². The van der Waals surface area contributed by atoms with E-state index in [0.29, 0.717) is 13.0 Å². The second-order valence-corrected chi connectivity index (χ2v) is 2.43. The molecular weight excluding hydrogens is 210 g/mol. The molecule has 0 rings (SSSR count). The molecule has 0 aromatic heterocycles. The average molecular weight is 220 g/mol. The third-order valence-corrected chi connectivity index (χ3v) is 1.23. The summed E-state index contributed by atoms with van der Waals surface area (Å²) in [5.41, 5.74) is 0. The van der Waals surface area contributed by atoms with E-state index >= 15 is 0 Å². The molecule has 0 heterocycles.